The van der Waals surface area contributed by atoms with Crippen LogP contribution in [0, 0.1) is 6.92 Å². The first-order chi connectivity index (χ1) is 6.42. The predicted octanol–water partition coefficient (Wildman–Crippen LogP) is 0.0159. The van der Waals surface area contributed by atoms with Crippen molar-refractivity contribution in [1.29, 1.82) is 0 Å². The van der Waals surface area contributed by atoms with E-state index in [2.05, 4.69) is 21.9 Å². The van der Waals surface area contributed by atoms with Crippen LogP contribution in [0.1, 0.15) is 5.01 Å². The van der Waals surface area contributed by atoms with E-state index in [9.17, 15) is 8.42 Å². The first-order valence-electron chi connectivity index (χ1n) is 3.62. The SMILES string of the molecule is Cc1ncc(S(=O)(=O)NCC(N)=S)s1. The Labute approximate surface area is 91.4 Å². The van der Waals surface area contributed by atoms with E-state index in [1.54, 1.807) is 6.92 Å². The lowest BCUT2D eigenvalue weighted by Crippen LogP contribution is -2.31. The molecule has 0 aromatic carbocycles. The number of nitrogens with zero attached hydrogens (tertiary/aromatic N) is 1. The molecule has 1 heterocycles. The summed E-state index contributed by atoms with van der Waals surface area (Å²) < 4.78 is 25.4. The second kappa shape index (κ2) is 4.30. The van der Waals surface area contributed by atoms with Gasteiger partial charge in [-0.2, -0.15) is 0 Å². The minimum atomic E-state index is -3.50. The molecule has 0 aliphatic rings. The van der Waals surface area contributed by atoms with E-state index in [4.69, 9.17) is 5.73 Å². The Morgan fingerprint density at radius 2 is 2.43 bits per heavy atom. The van der Waals surface area contributed by atoms with Crippen LogP contribution in [0.25, 0.3) is 0 Å². The molecule has 0 spiro atoms. The Balaban J connectivity index is 2.81. The maximum absolute atomic E-state index is 11.5. The van der Waals surface area contributed by atoms with E-state index in [-0.39, 0.29) is 15.7 Å². The van der Waals surface area contributed by atoms with Gasteiger partial charge in [0.05, 0.1) is 22.7 Å². The summed E-state index contributed by atoms with van der Waals surface area (Å²) in [5.74, 6) is 0. The minimum absolute atomic E-state index is 0.0331. The maximum Gasteiger partial charge on any atom is 0.252 e. The van der Waals surface area contributed by atoms with Crippen molar-refractivity contribution in [1.82, 2.24) is 9.71 Å². The van der Waals surface area contributed by atoms with Crippen LogP contribution in [-0.4, -0.2) is 24.9 Å². The van der Waals surface area contributed by atoms with Gasteiger partial charge in [-0.1, -0.05) is 12.2 Å². The van der Waals surface area contributed by atoms with Gasteiger partial charge in [-0.25, -0.2) is 18.1 Å². The minimum Gasteiger partial charge on any atom is -0.392 e. The molecule has 0 aliphatic carbocycles. The van der Waals surface area contributed by atoms with Gasteiger partial charge in [0.25, 0.3) is 10.0 Å². The van der Waals surface area contributed by atoms with Gasteiger partial charge >= 0.3 is 0 Å². The lowest BCUT2D eigenvalue weighted by molar-refractivity contribution is 0.588. The van der Waals surface area contributed by atoms with Crippen molar-refractivity contribution in [3.05, 3.63) is 11.2 Å². The standard InChI is InChI=1S/C6H9N3O2S3/c1-4-8-3-6(13-4)14(10,11)9-2-5(7)12/h3,9H,2H2,1H3,(H2,7,12). The molecular formula is C6H9N3O2S3. The Morgan fingerprint density at radius 3 is 2.86 bits per heavy atom. The van der Waals surface area contributed by atoms with Crippen molar-refractivity contribution in [2.45, 2.75) is 11.1 Å². The first kappa shape index (κ1) is 11.5. The number of thiocarbonyl (C=S) groups is 1. The Morgan fingerprint density at radius 1 is 1.79 bits per heavy atom. The highest BCUT2D eigenvalue weighted by Gasteiger charge is 2.16. The Bertz CT molecular complexity index is 437. The molecule has 0 atom stereocenters. The molecule has 0 unspecified atom stereocenters. The summed E-state index contributed by atoms with van der Waals surface area (Å²) in [6.07, 6.45) is 1.31. The average molecular weight is 251 g/mol. The molecule has 3 N–H and O–H groups in total. The molecule has 0 amide bonds. The predicted molar refractivity (Wildman–Crippen MR) is 58.8 cm³/mol. The molecule has 0 saturated carbocycles. The van der Waals surface area contributed by atoms with Gasteiger partial charge in [0, 0.05) is 0 Å². The van der Waals surface area contributed by atoms with E-state index in [1.165, 1.54) is 6.20 Å². The molecule has 0 radical (unpaired) electrons. The zero-order chi connectivity index (χ0) is 10.8. The van der Waals surface area contributed by atoms with E-state index in [0.717, 1.165) is 11.3 Å². The van der Waals surface area contributed by atoms with E-state index in [1.807, 2.05) is 0 Å². The van der Waals surface area contributed by atoms with Crippen LogP contribution in [0.2, 0.25) is 0 Å². The van der Waals surface area contributed by atoms with Crippen molar-refractivity contribution in [3.63, 3.8) is 0 Å². The molecule has 0 bridgehead atoms. The molecule has 78 valence electrons. The van der Waals surface area contributed by atoms with Crippen molar-refractivity contribution in [3.8, 4) is 0 Å². The number of rotatable bonds is 4. The number of aryl methyl sites for hydroxylation is 1. The monoisotopic (exact) mass is 251 g/mol. The molecule has 0 fully saturated rings. The molecule has 0 aliphatic heterocycles. The molecular weight excluding hydrogens is 242 g/mol. The van der Waals surface area contributed by atoms with Crippen molar-refractivity contribution < 1.29 is 8.42 Å². The fourth-order valence-corrected chi connectivity index (χ4v) is 3.03. The van der Waals surface area contributed by atoms with Crippen molar-refractivity contribution in [2.75, 3.05) is 6.54 Å². The summed E-state index contributed by atoms with van der Waals surface area (Å²) in [5, 5.41) is 0.695. The van der Waals surface area contributed by atoms with Crippen LogP contribution in [0.4, 0.5) is 0 Å². The number of hydrogen-bond donors (Lipinski definition) is 2. The lowest BCUT2D eigenvalue weighted by Gasteiger charge is -2.01. The molecule has 1 rings (SSSR count). The van der Waals surface area contributed by atoms with Crippen molar-refractivity contribution in [2.24, 2.45) is 5.73 Å². The van der Waals surface area contributed by atoms with Crippen LogP contribution in [0.15, 0.2) is 10.4 Å². The van der Waals surface area contributed by atoms with Crippen LogP contribution in [0.5, 0.6) is 0 Å². The second-order valence-electron chi connectivity index (χ2n) is 2.49. The summed E-state index contributed by atoms with van der Waals surface area (Å²) in [7, 11) is -3.50. The molecule has 1 aromatic rings. The number of sulfonamides is 1. The van der Waals surface area contributed by atoms with Gasteiger partial charge in [0.1, 0.15) is 0 Å². The fourth-order valence-electron chi connectivity index (χ4n) is 0.703. The molecule has 14 heavy (non-hydrogen) atoms. The maximum atomic E-state index is 11.5. The molecule has 1 aromatic heterocycles. The summed E-state index contributed by atoms with van der Waals surface area (Å²) in [4.78, 5) is 3.95. The van der Waals surface area contributed by atoms with Gasteiger partial charge in [-0.05, 0) is 6.92 Å². The summed E-state index contributed by atoms with van der Waals surface area (Å²) in [6, 6.07) is 0. The number of hydrogen-bond acceptors (Lipinski definition) is 5. The first-order valence-corrected chi connectivity index (χ1v) is 6.33. The Kier molecular flexibility index (Phi) is 3.53. The number of thiazole rings is 1. The van der Waals surface area contributed by atoms with Gasteiger partial charge in [0.2, 0.25) is 0 Å². The quantitative estimate of drug-likeness (QED) is 0.737. The summed E-state index contributed by atoms with van der Waals surface area (Å²) >= 11 is 5.66. The van der Waals surface area contributed by atoms with Crippen LogP contribution < -0.4 is 10.5 Å². The number of nitrogens with one attached hydrogen (secondary N) is 1. The number of aromatic nitrogens is 1. The summed E-state index contributed by atoms with van der Waals surface area (Å²) in [6.45, 7) is 1.70. The fraction of sp³-hybridized carbons (Fsp3) is 0.333. The van der Waals surface area contributed by atoms with E-state index < -0.39 is 10.0 Å². The Hall–Kier alpha value is -0.570. The zero-order valence-electron chi connectivity index (χ0n) is 7.35. The van der Waals surface area contributed by atoms with Crippen molar-refractivity contribution >= 4 is 38.6 Å². The zero-order valence-corrected chi connectivity index (χ0v) is 9.80. The van der Waals surface area contributed by atoms with Crippen LogP contribution in [-0.2, 0) is 10.0 Å². The van der Waals surface area contributed by atoms with Crippen LogP contribution in [0.3, 0.4) is 0 Å². The molecule has 0 saturated heterocycles. The van der Waals surface area contributed by atoms with E-state index in [0.29, 0.717) is 5.01 Å². The topological polar surface area (TPSA) is 85.1 Å². The normalized spacial score (nSPS) is 11.5. The number of nitrogens with two attached hydrogens (primary N) is 1. The van der Waals surface area contributed by atoms with Gasteiger partial charge in [-0.15, -0.1) is 11.3 Å². The average Bonchev–Trinajstić information content (AvgIpc) is 2.49. The van der Waals surface area contributed by atoms with Gasteiger partial charge in [0.15, 0.2) is 4.21 Å². The van der Waals surface area contributed by atoms with Gasteiger partial charge in [-0.3, -0.25) is 0 Å². The van der Waals surface area contributed by atoms with Gasteiger partial charge < -0.3 is 5.73 Å². The third kappa shape index (κ3) is 2.98. The second-order valence-corrected chi connectivity index (χ2v) is 6.24. The molecule has 8 heteroatoms. The third-order valence-corrected chi connectivity index (χ3v) is 4.22. The largest absolute Gasteiger partial charge is 0.392 e. The smallest absolute Gasteiger partial charge is 0.252 e. The van der Waals surface area contributed by atoms with Crippen LogP contribution >= 0.6 is 23.6 Å². The highest BCUT2D eigenvalue weighted by molar-refractivity contribution is 7.91. The third-order valence-electron chi connectivity index (χ3n) is 1.30. The lowest BCUT2D eigenvalue weighted by atomic mass is 10.7. The highest BCUT2D eigenvalue weighted by Crippen LogP contribution is 2.16. The summed E-state index contributed by atoms with van der Waals surface area (Å²) in [5.41, 5.74) is 5.18. The van der Waals surface area contributed by atoms with E-state index >= 15 is 0 Å². The molecule has 5 nitrogen and oxygen atoms in total. The highest BCUT2D eigenvalue weighted by atomic mass is 32.2.